The van der Waals surface area contributed by atoms with Crippen LogP contribution in [0.4, 0.5) is 11.5 Å². The third-order valence-electron chi connectivity index (χ3n) is 3.13. The molecule has 0 aliphatic rings. The number of hydrogen-bond donors (Lipinski definition) is 1. The van der Waals surface area contributed by atoms with Gasteiger partial charge in [0.05, 0.1) is 16.4 Å². The van der Waals surface area contributed by atoms with Crippen LogP contribution in [0.25, 0.3) is 0 Å². The minimum absolute atomic E-state index is 0.187. The summed E-state index contributed by atoms with van der Waals surface area (Å²) in [4.78, 5) is 10.9. The van der Waals surface area contributed by atoms with Gasteiger partial charge in [-0.25, -0.2) is 0 Å². The van der Waals surface area contributed by atoms with Gasteiger partial charge in [-0.2, -0.15) is 0 Å². The third kappa shape index (κ3) is 3.66. The zero-order chi connectivity index (χ0) is 12.8. The molecule has 0 bridgehead atoms. The summed E-state index contributed by atoms with van der Waals surface area (Å²) in [5, 5.41) is 10.6. The number of nitro groups is 1. The highest BCUT2D eigenvalue weighted by atomic mass is 32.1. The van der Waals surface area contributed by atoms with Crippen molar-refractivity contribution >= 4 is 23.0 Å². The Morgan fingerprint density at radius 1 is 1.47 bits per heavy atom. The molecule has 0 aliphatic carbocycles. The quantitative estimate of drug-likeness (QED) is 0.599. The van der Waals surface area contributed by atoms with Crippen molar-refractivity contribution in [3.05, 3.63) is 15.0 Å². The van der Waals surface area contributed by atoms with Crippen LogP contribution in [-0.4, -0.2) is 9.30 Å². The molecule has 0 fully saturated rings. The fraction of sp³-hybridized carbons (Fsp3) is 0.727. The van der Waals surface area contributed by atoms with Gasteiger partial charge in [0.15, 0.2) is 0 Å². The van der Waals surface area contributed by atoms with Crippen molar-refractivity contribution in [2.24, 2.45) is 5.92 Å². The highest BCUT2D eigenvalue weighted by Crippen LogP contribution is 2.29. The molecular weight excluding hydrogens is 238 g/mol. The summed E-state index contributed by atoms with van der Waals surface area (Å²) in [6, 6.07) is 0. The second-order valence-corrected chi connectivity index (χ2v) is 5.03. The lowest BCUT2D eigenvalue weighted by Crippen LogP contribution is -1.99. The van der Waals surface area contributed by atoms with Gasteiger partial charge in [0, 0.05) is 4.37 Å². The summed E-state index contributed by atoms with van der Waals surface area (Å²) in [5.74, 6) is 0.562. The van der Waals surface area contributed by atoms with Gasteiger partial charge in [0.2, 0.25) is 0 Å². The first kappa shape index (κ1) is 13.9. The van der Waals surface area contributed by atoms with Crippen molar-refractivity contribution in [2.45, 2.75) is 46.0 Å². The molecule has 0 aliphatic heterocycles. The highest BCUT2D eigenvalue weighted by Gasteiger charge is 2.20. The van der Waals surface area contributed by atoms with E-state index < -0.39 is 4.92 Å². The molecule has 0 aromatic carbocycles. The molecule has 1 aromatic rings. The van der Waals surface area contributed by atoms with E-state index in [1.54, 1.807) is 0 Å². The number of rotatable bonds is 7. The smallest absolute Gasteiger partial charge is 0.391 e. The van der Waals surface area contributed by atoms with Crippen LogP contribution in [-0.2, 0) is 6.42 Å². The zero-order valence-electron chi connectivity index (χ0n) is 10.3. The number of aryl methyl sites for hydroxylation is 1. The van der Waals surface area contributed by atoms with Crippen LogP contribution in [0.5, 0.6) is 0 Å². The highest BCUT2D eigenvalue weighted by molar-refractivity contribution is 7.06. The van der Waals surface area contributed by atoms with Gasteiger partial charge in [-0.05, 0) is 23.7 Å². The summed E-state index contributed by atoms with van der Waals surface area (Å²) in [7, 11) is 0. The number of nitrogens with zero attached hydrogens (tertiary/aromatic N) is 2. The van der Waals surface area contributed by atoms with Gasteiger partial charge in [-0.1, -0.05) is 33.1 Å². The lowest BCUT2D eigenvalue weighted by Gasteiger charge is -2.10. The van der Waals surface area contributed by atoms with E-state index in [1.807, 2.05) is 0 Å². The van der Waals surface area contributed by atoms with Crippen LogP contribution < -0.4 is 5.73 Å². The molecule has 6 heteroatoms. The van der Waals surface area contributed by atoms with E-state index >= 15 is 0 Å². The van der Waals surface area contributed by atoms with E-state index in [0.29, 0.717) is 0 Å². The van der Waals surface area contributed by atoms with Crippen molar-refractivity contribution in [3.63, 3.8) is 0 Å². The summed E-state index contributed by atoms with van der Waals surface area (Å²) in [6.07, 6.45) is 5.35. The van der Waals surface area contributed by atoms with Gasteiger partial charge >= 0.3 is 5.82 Å². The topological polar surface area (TPSA) is 82.0 Å². The average molecular weight is 257 g/mol. The Balaban J connectivity index is 2.50. The Morgan fingerprint density at radius 2 is 2.12 bits per heavy atom. The molecule has 0 amide bonds. The first-order valence-electron chi connectivity index (χ1n) is 5.98. The molecule has 1 heterocycles. The van der Waals surface area contributed by atoms with Crippen molar-refractivity contribution in [3.8, 4) is 0 Å². The first-order chi connectivity index (χ1) is 8.10. The SMILES string of the molecule is CCC(CC)CCCc1snc([N+](=O)[O-])c1N. The monoisotopic (exact) mass is 257 g/mol. The largest absolute Gasteiger partial charge is 0.401 e. The van der Waals surface area contributed by atoms with Gasteiger partial charge in [-0.15, -0.1) is 0 Å². The summed E-state index contributed by atoms with van der Waals surface area (Å²) >= 11 is 1.15. The molecule has 0 spiro atoms. The second-order valence-electron chi connectivity index (χ2n) is 4.17. The van der Waals surface area contributed by atoms with E-state index in [2.05, 4.69) is 18.2 Å². The molecule has 17 heavy (non-hydrogen) atoms. The van der Waals surface area contributed by atoms with Crippen LogP contribution in [0.3, 0.4) is 0 Å². The van der Waals surface area contributed by atoms with Gasteiger partial charge in [0.25, 0.3) is 0 Å². The Kier molecular flexibility index (Phi) is 5.34. The lowest BCUT2D eigenvalue weighted by atomic mass is 9.96. The van der Waals surface area contributed by atoms with Crippen LogP contribution in [0.15, 0.2) is 0 Å². The van der Waals surface area contributed by atoms with E-state index in [9.17, 15) is 10.1 Å². The van der Waals surface area contributed by atoms with E-state index in [4.69, 9.17) is 5.73 Å². The van der Waals surface area contributed by atoms with Crippen molar-refractivity contribution in [2.75, 3.05) is 5.73 Å². The molecule has 96 valence electrons. The lowest BCUT2D eigenvalue weighted by molar-refractivity contribution is -0.387. The molecule has 0 radical (unpaired) electrons. The number of hydrogen-bond acceptors (Lipinski definition) is 5. The van der Waals surface area contributed by atoms with Crippen LogP contribution >= 0.6 is 11.5 Å². The van der Waals surface area contributed by atoms with Gasteiger partial charge in [-0.3, -0.25) is 0 Å². The van der Waals surface area contributed by atoms with Crippen LogP contribution in [0, 0.1) is 16.0 Å². The minimum Gasteiger partial charge on any atom is -0.391 e. The molecule has 0 saturated heterocycles. The molecule has 0 unspecified atom stereocenters. The van der Waals surface area contributed by atoms with Crippen molar-refractivity contribution < 1.29 is 4.92 Å². The second kappa shape index (κ2) is 6.54. The fourth-order valence-electron chi connectivity index (χ4n) is 1.88. The zero-order valence-corrected chi connectivity index (χ0v) is 11.1. The Morgan fingerprint density at radius 3 is 2.59 bits per heavy atom. The normalized spacial score (nSPS) is 11.0. The predicted molar refractivity (Wildman–Crippen MR) is 70.2 cm³/mol. The number of nitrogens with two attached hydrogens (primary N) is 1. The maximum Gasteiger partial charge on any atom is 0.401 e. The van der Waals surface area contributed by atoms with E-state index in [-0.39, 0.29) is 11.5 Å². The van der Waals surface area contributed by atoms with Gasteiger partial charge in [0.1, 0.15) is 5.69 Å². The fourth-order valence-corrected chi connectivity index (χ4v) is 2.67. The third-order valence-corrected chi connectivity index (χ3v) is 4.04. The molecule has 5 nitrogen and oxygen atoms in total. The summed E-state index contributed by atoms with van der Waals surface area (Å²) in [5.41, 5.74) is 5.95. The molecule has 1 rings (SSSR count). The van der Waals surface area contributed by atoms with E-state index in [0.717, 1.165) is 41.6 Å². The summed E-state index contributed by atoms with van der Waals surface area (Å²) in [6.45, 7) is 4.39. The molecule has 1 aromatic heterocycles. The predicted octanol–water partition coefficient (Wildman–Crippen LogP) is 3.39. The van der Waals surface area contributed by atoms with Crippen molar-refractivity contribution in [1.29, 1.82) is 0 Å². The number of anilines is 1. The first-order valence-corrected chi connectivity index (χ1v) is 6.75. The minimum atomic E-state index is -0.518. The Labute approximate surface area is 105 Å². The van der Waals surface area contributed by atoms with E-state index in [1.165, 1.54) is 12.8 Å². The maximum atomic E-state index is 10.6. The molecule has 0 atom stereocenters. The number of nitrogen functional groups attached to an aromatic ring is 1. The molecule has 0 saturated carbocycles. The summed E-state index contributed by atoms with van der Waals surface area (Å²) < 4.78 is 3.77. The molecular formula is C11H19N3O2S. The van der Waals surface area contributed by atoms with Crippen molar-refractivity contribution in [1.82, 2.24) is 4.37 Å². The Bertz CT molecular complexity index is 375. The standard InChI is InChI=1S/C11H19N3O2S/c1-3-8(4-2)6-5-7-9-10(12)11(13-17-9)14(15)16/h8H,3-7,12H2,1-2H3. The van der Waals surface area contributed by atoms with Crippen LogP contribution in [0.2, 0.25) is 0 Å². The molecule has 2 N–H and O–H groups in total. The van der Waals surface area contributed by atoms with Gasteiger partial charge < -0.3 is 15.8 Å². The maximum absolute atomic E-state index is 10.6. The Hall–Kier alpha value is -1.17. The van der Waals surface area contributed by atoms with Crippen LogP contribution in [0.1, 0.15) is 44.4 Å². The number of aromatic nitrogens is 1. The average Bonchev–Trinajstić information content (AvgIpc) is 2.66.